The third kappa shape index (κ3) is 4.52. The Morgan fingerprint density at radius 1 is 1.48 bits per heavy atom. The van der Waals surface area contributed by atoms with Gasteiger partial charge in [0, 0.05) is 6.42 Å². The number of esters is 1. The average Bonchev–Trinajstić information content (AvgIpc) is 3.12. The maximum absolute atomic E-state index is 11.2. The van der Waals surface area contributed by atoms with Crippen molar-refractivity contribution in [1.29, 1.82) is 0 Å². The molecule has 0 saturated heterocycles. The summed E-state index contributed by atoms with van der Waals surface area (Å²) in [5.74, 6) is 1.25. The van der Waals surface area contributed by atoms with E-state index in [1.54, 1.807) is 0 Å². The van der Waals surface area contributed by atoms with Gasteiger partial charge in [-0.3, -0.25) is 4.79 Å². The monoisotopic (exact) mass is 312 g/mol. The lowest BCUT2D eigenvalue weighted by Gasteiger charge is -2.01. The van der Waals surface area contributed by atoms with E-state index in [4.69, 9.17) is 4.52 Å². The van der Waals surface area contributed by atoms with Crippen molar-refractivity contribution in [3.8, 4) is 0 Å². The van der Waals surface area contributed by atoms with Crippen molar-refractivity contribution in [2.45, 2.75) is 43.6 Å². The summed E-state index contributed by atoms with van der Waals surface area (Å²) >= 11 is 1.32. The van der Waals surface area contributed by atoms with E-state index < -0.39 is 5.97 Å². The van der Waals surface area contributed by atoms with Gasteiger partial charge in [0.1, 0.15) is 6.54 Å². The van der Waals surface area contributed by atoms with Crippen LogP contribution in [0.1, 0.15) is 31.5 Å². The first-order chi connectivity index (χ1) is 10.2. The minimum Gasteiger partial charge on any atom is -0.468 e. The summed E-state index contributed by atoms with van der Waals surface area (Å²) in [6.07, 6.45) is 2.93. The molecule has 2 heterocycles. The number of hydrogen-bond acceptors (Lipinski definition) is 9. The van der Waals surface area contributed by atoms with E-state index >= 15 is 0 Å². The molecule has 21 heavy (non-hydrogen) atoms. The number of aryl methyl sites for hydroxylation is 1. The fraction of sp³-hybridized carbons (Fsp3) is 0.636. The number of tetrazole rings is 1. The summed E-state index contributed by atoms with van der Waals surface area (Å²) in [4.78, 5) is 15.5. The molecule has 0 aliphatic carbocycles. The molecule has 9 nitrogen and oxygen atoms in total. The fourth-order valence-corrected chi connectivity index (χ4v) is 2.21. The van der Waals surface area contributed by atoms with Crippen LogP contribution < -0.4 is 0 Å². The molecule has 0 bridgehead atoms. The van der Waals surface area contributed by atoms with Crippen LogP contribution in [-0.2, 0) is 28.2 Å². The molecule has 10 heteroatoms. The van der Waals surface area contributed by atoms with Crippen LogP contribution >= 0.6 is 11.8 Å². The summed E-state index contributed by atoms with van der Waals surface area (Å²) in [6.45, 7) is 2.08. The number of methoxy groups -OCH3 is 1. The third-order valence-electron chi connectivity index (χ3n) is 2.59. The van der Waals surface area contributed by atoms with Crippen LogP contribution in [0.2, 0.25) is 0 Å². The summed E-state index contributed by atoms with van der Waals surface area (Å²) in [7, 11) is 1.32. The Morgan fingerprint density at radius 3 is 3.10 bits per heavy atom. The standard InChI is InChI=1S/C11H16N6O3S/c1-3-4-5-8-12-9(20-14-8)7-21-11-13-15-16-17(11)6-10(18)19-2/h3-7H2,1-2H3. The van der Waals surface area contributed by atoms with E-state index in [-0.39, 0.29) is 6.54 Å². The number of carbonyl (C=O) groups excluding carboxylic acids is 1. The molecular weight excluding hydrogens is 296 g/mol. The molecule has 114 valence electrons. The fourth-order valence-electron chi connectivity index (χ4n) is 1.50. The first-order valence-electron chi connectivity index (χ1n) is 6.50. The molecule has 0 unspecified atom stereocenters. The summed E-state index contributed by atoms with van der Waals surface area (Å²) in [6, 6.07) is 0. The van der Waals surface area contributed by atoms with Crippen molar-refractivity contribution < 1.29 is 14.1 Å². The predicted molar refractivity (Wildman–Crippen MR) is 72.3 cm³/mol. The molecule has 2 rings (SSSR count). The largest absolute Gasteiger partial charge is 0.468 e. The van der Waals surface area contributed by atoms with Crippen molar-refractivity contribution in [2.75, 3.05) is 7.11 Å². The topological polar surface area (TPSA) is 109 Å². The predicted octanol–water partition coefficient (Wildman–Crippen LogP) is 0.864. The van der Waals surface area contributed by atoms with Gasteiger partial charge >= 0.3 is 5.97 Å². The van der Waals surface area contributed by atoms with E-state index in [0.717, 1.165) is 19.3 Å². The van der Waals surface area contributed by atoms with Crippen molar-refractivity contribution >= 4 is 17.7 Å². The molecular formula is C11H16N6O3S. The van der Waals surface area contributed by atoms with Gasteiger partial charge in [0.2, 0.25) is 11.0 Å². The molecule has 0 N–H and O–H groups in total. The zero-order chi connectivity index (χ0) is 15.1. The lowest BCUT2D eigenvalue weighted by atomic mass is 10.2. The van der Waals surface area contributed by atoms with Crippen LogP contribution in [0.3, 0.4) is 0 Å². The summed E-state index contributed by atoms with van der Waals surface area (Å²) < 4.78 is 11.1. The van der Waals surface area contributed by atoms with E-state index in [0.29, 0.717) is 22.6 Å². The minimum absolute atomic E-state index is 0.0303. The molecule has 0 radical (unpaired) electrons. The lowest BCUT2D eigenvalue weighted by Crippen LogP contribution is -2.13. The zero-order valence-corrected chi connectivity index (χ0v) is 12.7. The molecule has 0 saturated carbocycles. The normalized spacial score (nSPS) is 10.8. The molecule has 0 spiro atoms. The highest BCUT2D eigenvalue weighted by molar-refractivity contribution is 7.98. The number of hydrogen-bond donors (Lipinski definition) is 0. The number of carbonyl (C=O) groups is 1. The maximum Gasteiger partial charge on any atom is 0.327 e. The maximum atomic E-state index is 11.2. The van der Waals surface area contributed by atoms with Crippen molar-refractivity contribution in [3.63, 3.8) is 0 Å². The van der Waals surface area contributed by atoms with Crippen molar-refractivity contribution in [3.05, 3.63) is 11.7 Å². The second-order valence-corrected chi connectivity index (χ2v) is 5.13. The van der Waals surface area contributed by atoms with Gasteiger partial charge in [-0.25, -0.2) is 4.68 Å². The van der Waals surface area contributed by atoms with Gasteiger partial charge in [0.05, 0.1) is 12.9 Å². The van der Waals surface area contributed by atoms with Crippen molar-refractivity contribution in [1.82, 2.24) is 30.3 Å². The van der Waals surface area contributed by atoms with Gasteiger partial charge in [0.15, 0.2) is 5.82 Å². The number of rotatable bonds is 8. The van der Waals surface area contributed by atoms with Crippen molar-refractivity contribution in [2.24, 2.45) is 0 Å². The first kappa shape index (κ1) is 15.4. The molecule has 0 fully saturated rings. The second-order valence-electron chi connectivity index (χ2n) is 4.19. The highest BCUT2D eigenvalue weighted by Gasteiger charge is 2.13. The molecule has 0 aromatic carbocycles. The lowest BCUT2D eigenvalue weighted by molar-refractivity contribution is -0.141. The quantitative estimate of drug-likeness (QED) is 0.518. The Balaban J connectivity index is 1.89. The Kier molecular flexibility index (Phi) is 5.67. The van der Waals surface area contributed by atoms with Crippen LogP contribution in [0.15, 0.2) is 9.68 Å². The van der Waals surface area contributed by atoms with Crippen LogP contribution in [0.5, 0.6) is 0 Å². The Hall–Kier alpha value is -1.97. The second kappa shape index (κ2) is 7.72. The molecule has 0 aliphatic rings. The molecule has 0 atom stereocenters. The van der Waals surface area contributed by atoms with Crippen LogP contribution in [0, 0.1) is 0 Å². The smallest absolute Gasteiger partial charge is 0.327 e. The van der Waals surface area contributed by atoms with Gasteiger partial charge in [-0.15, -0.1) is 5.10 Å². The molecule has 2 aromatic heterocycles. The highest BCUT2D eigenvalue weighted by atomic mass is 32.2. The summed E-state index contributed by atoms with van der Waals surface area (Å²) in [5.41, 5.74) is 0. The summed E-state index contributed by atoms with van der Waals surface area (Å²) in [5, 5.41) is 15.5. The minimum atomic E-state index is -0.413. The molecule has 0 amide bonds. The van der Waals surface area contributed by atoms with E-state index in [9.17, 15) is 4.79 Å². The highest BCUT2D eigenvalue weighted by Crippen LogP contribution is 2.19. The first-order valence-corrected chi connectivity index (χ1v) is 7.48. The van der Waals surface area contributed by atoms with Crippen LogP contribution in [0.4, 0.5) is 0 Å². The van der Waals surface area contributed by atoms with Gasteiger partial charge in [-0.05, 0) is 16.8 Å². The third-order valence-corrected chi connectivity index (χ3v) is 3.54. The van der Waals surface area contributed by atoms with E-state index in [1.807, 2.05) is 0 Å². The van der Waals surface area contributed by atoms with Crippen LogP contribution in [-0.4, -0.2) is 43.4 Å². The van der Waals surface area contributed by atoms with Gasteiger partial charge < -0.3 is 9.26 Å². The van der Waals surface area contributed by atoms with Gasteiger partial charge in [0.25, 0.3) is 0 Å². The van der Waals surface area contributed by atoms with Crippen LogP contribution in [0.25, 0.3) is 0 Å². The number of thioether (sulfide) groups is 1. The SMILES string of the molecule is CCCCc1noc(CSc2nnnn2CC(=O)OC)n1. The average molecular weight is 312 g/mol. The molecule has 0 aliphatic heterocycles. The van der Waals surface area contributed by atoms with Gasteiger partial charge in [-0.2, -0.15) is 4.98 Å². The van der Waals surface area contributed by atoms with E-state index in [2.05, 4.69) is 37.3 Å². The zero-order valence-electron chi connectivity index (χ0n) is 11.9. The number of ether oxygens (including phenoxy) is 1. The van der Waals surface area contributed by atoms with E-state index in [1.165, 1.54) is 23.6 Å². The Labute approximate surface area is 125 Å². The van der Waals surface area contributed by atoms with Gasteiger partial charge in [-0.1, -0.05) is 30.3 Å². The Morgan fingerprint density at radius 2 is 2.33 bits per heavy atom. The number of aromatic nitrogens is 6. The number of unbranched alkanes of at least 4 members (excludes halogenated alkanes) is 1. The number of nitrogens with zero attached hydrogens (tertiary/aromatic N) is 6. The molecule has 2 aromatic rings. The Bertz CT molecular complexity index is 584.